The lowest BCUT2D eigenvalue weighted by Gasteiger charge is -2.21. The van der Waals surface area contributed by atoms with Crippen LogP contribution in [0.2, 0.25) is 0 Å². The zero-order valence-corrected chi connectivity index (χ0v) is 21.3. The number of hydrogen-bond donors (Lipinski definition) is 3. The third-order valence-electron chi connectivity index (χ3n) is 4.78. The Morgan fingerprint density at radius 3 is 2.62 bits per heavy atom. The molecule has 0 radical (unpaired) electrons. The summed E-state index contributed by atoms with van der Waals surface area (Å²) in [6.45, 7) is 4.88. The van der Waals surface area contributed by atoms with Gasteiger partial charge in [0.15, 0.2) is 4.32 Å². The van der Waals surface area contributed by atoms with Crippen LogP contribution >= 0.6 is 43.7 Å². The van der Waals surface area contributed by atoms with Crippen molar-refractivity contribution in [1.82, 2.24) is 4.90 Å². The number of benzene rings is 1. The highest BCUT2D eigenvalue weighted by Crippen LogP contribution is 2.49. The van der Waals surface area contributed by atoms with Gasteiger partial charge in [-0.1, -0.05) is 55.2 Å². The normalized spacial score (nSPS) is 20.1. The number of carbonyl (C=O) groups excluding carboxylic acids is 1. The largest absolute Gasteiger partial charge is 0.425 e. The number of thiocarbonyl (C=S) groups is 1. The van der Waals surface area contributed by atoms with Crippen LogP contribution in [-0.4, -0.2) is 49.7 Å². The Hall–Kier alpha value is -1.01. The van der Waals surface area contributed by atoms with E-state index in [2.05, 4.69) is 24.0 Å². The average molecular weight is 518 g/mol. The quantitative estimate of drug-likeness (QED) is 0.144. The summed E-state index contributed by atoms with van der Waals surface area (Å²) in [5.41, 5.74) is 2.08. The Kier molecular flexibility index (Phi) is 8.76. The Balaban J connectivity index is 1.86. The Morgan fingerprint density at radius 1 is 1.22 bits per heavy atom. The number of nitrogens with zero attached hydrogens (tertiary/aromatic N) is 2. The lowest BCUT2D eigenvalue weighted by molar-refractivity contribution is -0.303. The lowest BCUT2D eigenvalue weighted by atomic mass is 10.1. The van der Waals surface area contributed by atoms with Crippen molar-refractivity contribution in [1.29, 1.82) is 0 Å². The molecular formula is C20H26N2O6PS3+. The maximum Gasteiger partial charge on any atom is 0.425 e. The fourth-order valence-electron chi connectivity index (χ4n) is 3.21. The van der Waals surface area contributed by atoms with E-state index in [0.717, 1.165) is 57.2 Å². The SMILES string of the molecule is CCCCN1/C(=C/C=C2/SC(=S)N(C[P+](O)(O)O)C2=O)Sc2ccc(C(C)OOC)cc21. The molecule has 0 saturated carbocycles. The number of anilines is 1. The summed E-state index contributed by atoms with van der Waals surface area (Å²) in [5, 5.41) is 0.976. The van der Waals surface area contributed by atoms with E-state index in [1.54, 1.807) is 17.8 Å². The van der Waals surface area contributed by atoms with Crippen LogP contribution in [0.1, 0.15) is 38.4 Å². The monoisotopic (exact) mass is 517 g/mol. The number of allylic oxidation sites excluding steroid dienone is 2. The third kappa shape index (κ3) is 6.11. The maximum absolute atomic E-state index is 12.6. The van der Waals surface area contributed by atoms with Crippen LogP contribution in [0, 0.1) is 0 Å². The van der Waals surface area contributed by atoms with Crippen LogP contribution in [0.4, 0.5) is 5.69 Å². The summed E-state index contributed by atoms with van der Waals surface area (Å²) < 4.78 is 0.183. The molecule has 12 heteroatoms. The van der Waals surface area contributed by atoms with Crippen molar-refractivity contribution in [2.45, 2.75) is 37.7 Å². The molecule has 1 saturated heterocycles. The van der Waals surface area contributed by atoms with Crippen molar-refractivity contribution < 1.29 is 29.2 Å². The molecule has 3 rings (SSSR count). The third-order valence-corrected chi connectivity index (χ3v) is 7.97. The van der Waals surface area contributed by atoms with Crippen molar-refractivity contribution in [3.8, 4) is 0 Å². The van der Waals surface area contributed by atoms with Crippen molar-refractivity contribution in [2.24, 2.45) is 0 Å². The average Bonchev–Trinajstić information content (AvgIpc) is 3.20. The van der Waals surface area contributed by atoms with Gasteiger partial charge >= 0.3 is 7.94 Å². The highest BCUT2D eigenvalue weighted by Gasteiger charge is 2.42. The highest BCUT2D eigenvalue weighted by molar-refractivity contribution is 8.26. The van der Waals surface area contributed by atoms with Gasteiger partial charge in [0.25, 0.3) is 5.91 Å². The van der Waals surface area contributed by atoms with Crippen LogP contribution in [0.15, 0.2) is 45.2 Å². The maximum atomic E-state index is 12.6. The lowest BCUT2D eigenvalue weighted by Crippen LogP contribution is -2.30. The van der Waals surface area contributed by atoms with Crippen LogP contribution in [0.3, 0.4) is 0 Å². The molecule has 32 heavy (non-hydrogen) atoms. The first-order valence-corrected chi connectivity index (χ1v) is 13.8. The van der Waals surface area contributed by atoms with E-state index in [0.29, 0.717) is 4.91 Å². The number of hydrogen-bond acceptors (Lipinski definition) is 10. The molecule has 174 valence electrons. The van der Waals surface area contributed by atoms with Gasteiger partial charge in [0, 0.05) is 11.4 Å². The second-order valence-corrected chi connectivity index (χ2v) is 11.6. The van der Waals surface area contributed by atoms with E-state index in [4.69, 9.17) is 22.0 Å². The van der Waals surface area contributed by atoms with Crippen molar-refractivity contribution >= 4 is 59.6 Å². The van der Waals surface area contributed by atoms with Gasteiger partial charge in [-0.2, -0.15) is 14.7 Å². The summed E-state index contributed by atoms with van der Waals surface area (Å²) in [6, 6.07) is 6.15. The fourth-order valence-corrected chi connectivity index (χ4v) is 6.32. The smallest absolute Gasteiger partial charge is 0.335 e. The van der Waals surface area contributed by atoms with Gasteiger partial charge in [-0.15, -0.1) is 0 Å². The van der Waals surface area contributed by atoms with Crippen LogP contribution in [0.5, 0.6) is 0 Å². The zero-order valence-electron chi connectivity index (χ0n) is 17.9. The van der Waals surface area contributed by atoms with E-state index in [1.165, 1.54) is 7.11 Å². The van der Waals surface area contributed by atoms with E-state index in [1.807, 2.05) is 19.1 Å². The first kappa shape index (κ1) is 25.6. The topological polar surface area (TPSA) is 103 Å². The number of thioether (sulfide) groups is 2. The summed E-state index contributed by atoms with van der Waals surface area (Å²) in [6.07, 6.45) is 4.80. The minimum absolute atomic E-state index is 0.183. The van der Waals surface area contributed by atoms with E-state index < -0.39 is 20.1 Å². The summed E-state index contributed by atoms with van der Waals surface area (Å²) in [5.74, 6) is -0.452. The number of unbranched alkanes of at least 4 members (excludes halogenated alkanes) is 1. The molecular weight excluding hydrogens is 491 g/mol. The fraction of sp³-hybridized carbons (Fsp3) is 0.400. The molecule has 0 bridgehead atoms. The second-order valence-electron chi connectivity index (χ2n) is 7.21. The van der Waals surface area contributed by atoms with Crippen molar-refractivity contribution in [3.05, 3.63) is 45.8 Å². The molecule has 2 heterocycles. The molecule has 1 amide bonds. The van der Waals surface area contributed by atoms with Gasteiger partial charge in [0.2, 0.25) is 6.29 Å². The standard InChI is InChI=1S/C20H26N2O6PS3/c1-4-5-10-21-15-11-14(13(2)28-27-3)6-7-16(15)31-18(21)9-8-17-19(23)22(20(30)32-17)12-29(24,25)26/h6-9,11,13,24-26H,4-5,10,12H2,1-3H3/q+1/b17-8+,18-9-. The first-order valence-electron chi connectivity index (χ1n) is 9.95. The number of carbonyl (C=O) groups is 1. The molecule has 3 N–H and O–H groups in total. The predicted octanol–water partition coefficient (Wildman–Crippen LogP) is 4.32. The first-order chi connectivity index (χ1) is 15.1. The number of fused-ring (bicyclic) bond motifs is 1. The predicted molar refractivity (Wildman–Crippen MR) is 133 cm³/mol. The Morgan fingerprint density at radius 2 is 1.97 bits per heavy atom. The highest BCUT2D eigenvalue weighted by atomic mass is 32.2. The van der Waals surface area contributed by atoms with Crippen LogP contribution in [-0.2, 0) is 14.6 Å². The van der Waals surface area contributed by atoms with Crippen LogP contribution < -0.4 is 4.90 Å². The molecule has 1 atom stereocenters. The van der Waals surface area contributed by atoms with Crippen molar-refractivity contribution in [2.75, 3.05) is 24.8 Å². The van der Waals surface area contributed by atoms with Gasteiger partial charge in [-0.3, -0.25) is 9.69 Å². The van der Waals surface area contributed by atoms with Gasteiger partial charge < -0.3 is 4.90 Å². The van der Waals surface area contributed by atoms with Crippen molar-refractivity contribution in [3.63, 3.8) is 0 Å². The summed E-state index contributed by atoms with van der Waals surface area (Å²) >= 11 is 7.85. The molecule has 1 unspecified atom stereocenters. The Bertz CT molecular complexity index is 950. The summed E-state index contributed by atoms with van der Waals surface area (Å²) in [7, 11) is -2.67. The zero-order chi connectivity index (χ0) is 23.5. The van der Waals surface area contributed by atoms with Gasteiger partial charge in [-0.05, 0) is 43.2 Å². The van der Waals surface area contributed by atoms with Crippen LogP contribution in [0.25, 0.3) is 0 Å². The molecule has 2 aliphatic rings. The van der Waals surface area contributed by atoms with E-state index >= 15 is 0 Å². The molecule has 0 spiro atoms. The molecule has 8 nitrogen and oxygen atoms in total. The number of rotatable bonds is 9. The molecule has 2 aliphatic heterocycles. The van der Waals surface area contributed by atoms with Gasteiger partial charge in [0.1, 0.15) is 6.10 Å². The van der Waals surface area contributed by atoms with E-state index in [9.17, 15) is 19.5 Å². The molecule has 0 aliphatic carbocycles. The minimum Gasteiger partial charge on any atom is -0.335 e. The van der Waals surface area contributed by atoms with Gasteiger partial charge in [0.05, 0.1) is 22.7 Å². The van der Waals surface area contributed by atoms with Gasteiger partial charge in [-0.25, -0.2) is 9.78 Å². The molecule has 1 aromatic carbocycles. The minimum atomic E-state index is -4.16. The molecule has 1 aromatic rings. The number of amides is 1. The van der Waals surface area contributed by atoms with E-state index in [-0.39, 0.29) is 10.4 Å². The molecule has 0 aromatic heterocycles. The molecule has 1 fully saturated rings. The second kappa shape index (κ2) is 10.9. The Labute approximate surface area is 201 Å². The summed E-state index contributed by atoms with van der Waals surface area (Å²) in [4.78, 5) is 55.3.